The average molecular weight is 397 g/mol. The summed E-state index contributed by atoms with van der Waals surface area (Å²) in [4.78, 5) is 34.4. The quantitative estimate of drug-likeness (QED) is 0.412. The van der Waals surface area contributed by atoms with Crippen molar-refractivity contribution in [3.05, 3.63) is 36.4 Å². The Bertz CT molecular complexity index is 594. The fourth-order valence-corrected chi connectivity index (χ4v) is 1.58. The van der Waals surface area contributed by atoms with Crippen LogP contribution in [0.1, 0.15) is 11.4 Å². The summed E-state index contributed by atoms with van der Waals surface area (Å²) < 4.78 is 4.46. The molecule has 2 atom stereocenters. The van der Waals surface area contributed by atoms with Crippen LogP contribution in [0.5, 0.6) is 0 Å². The van der Waals surface area contributed by atoms with Crippen molar-refractivity contribution in [3.63, 3.8) is 0 Å². The van der Waals surface area contributed by atoms with Crippen molar-refractivity contribution >= 4 is 36.8 Å². The summed E-state index contributed by atoms with van der Waals surface area (Å²) in [7, 11) is 1.31. The first-order valence-corrected chi connectivity index (χ1v) is 6.71. The molecule has 142 valence electrons. The number of imidazole rings is 2. The van der Waals surface area contributed by atoms with Crippen molar-refractivity contribution in [1.82, 2.24) is 19.9 Å². The average Bonchev–Trinajstić information content (AvgIpc) is 3.20. The Morgan fingerprint density at radius 2 is 1.52 bits per heavy atom. The summed E-state index contributed by atoms with van der Waals surface area (Å²) in [6.45, 7) is 0. The number of nitrogens with two attached hydrogens (primary N) is 2. The zero-order valence-corrected chi connectivity index (χ0v) is 15.0. The van der Waals surface area contributed by atoms with Crippen molar-refractivity contribution in [3.8, 4) is 0 Å². The molecule has 0 radical (unpaired) electrons. The molecule has 0 aliphatic rings. The molecule has 2 rings (SSSR count). The summed E-state index contributed by atoms with van der Waals surface area (Å²) in [5.41, 5.74) is 12.2. The van der Waals surface area contributed by atoms with Crippen LogP contribution in [0, 0.1) is 0 Å². The van der Waals surface area contributed by atoms with Crippen LogP contribution in [-0.2, 0) is 27.2 Å². The van der Waals surface area contributed by atoms with E-state index >= 15 is 0 Å². The van der Waals surface area contributed by atoms with Gasteiger partial charge in [0.15, 0.2) is 0 Å². The molecule has 2 unspecified atom stereocenters. The molecule has 0 bridgehead atoms. The molecular weight excluding hydrogens is 375 g/mol. The maximum absolute atomic E-state index is 10.9. The number of aromatic amines is 2. The van der Waals surface area contributed by atoms with Crippen LogP contribution in [0.25, 0.3) is 0 Å². The van der Waals surface area contributed by atoms with E-state index in [9.17, 15) is 9.59 Å². The summed E-state index contributed by atoms with van der Waals surface area (Å²) in [5.74, 6) is -1.42. The maximum atomic E-state index is 10.9. The highest BCUT2D eigenvalue weighted by atomic mass is 35.5. The van der Waals surface area contributed by atoms with Gasteiger partial charge in [-0.05, 0) is 0 Å². The number of carbonyl (C=O) groups excluding carboxylic acids is 1. The van der Waals surface area contributed by atoms with Gasteiger partial charge in [-0.3, -0.25) is 9.59 Å². The number of esters is 1. The number of H-pyrrole nitrogens is 2. The lowest BCUT2D eigenvalue weighted by Crippen LogP contribution is -2.33. The molecule has 2 aromatic heterocycles. The van der Waals surface area contributed by atoms with Gasteiger partial charge in [0.05, 0.1) is 31.2 Å². The monoisotopic (exact) mass is 396 g/mol. The van der Waals surface area contributed by atoms with E-state index in [1.54, 1.807) is 18.7 Å². The standard InChI is InChI=1S/C7H11N3O2.C6H9N3O2.2ClH/c1-12-7(11)6(8)2-5-3-9-4-10-5;7-5(6(10)11)1-4-2-8-3-9-4;;/h3-4,6H,2,8H2,1H3,(H,9,10);2-3,5H,1,7H2,(H,8,9)(H,10,11);2*1H. The van der Waals surface area contributed by atoms with Crippen LogP contribution in [0.4, 0.5) is 0 Å². The van der Waals surface area contributed by atoms with Crippen LogP contribution in [0.2, 0.25) is 0 Å². The van der Waals surface area contributed by atoms with Crippen molar-refractivity contribution < 1.29 is 19.4 Å². The van der Waals surface area contributed by atoms with E-state index in [-0.39, 0.29) is 31.2 Å². The molecule has 0 aliphatic carbocycles. The Kier molecular flexibility index (Phi) is 13.2. The number of carbonyl (C=O) groups is 2. The molecule has 0 aromatic carbocycles. The molecule has 2 heterocycles. The van der Waals surface area contributed by atoms with Crippen molar-refractivity contribution in [1.29, 1.82) is 0 Å². The van der Waals surface area contributed by atoms with Crippen molar-refractivity contribution in [2.24, 2.45) is 11.5 Å². The molecule has 2 aromatic rings. The molecule has 0 fully saturated rings. The van der Waals surface area contributed by atoms with Gasteiger partial charge in [0, 0.05) is 25.2 Å². The van der Waals surface area contributed by atoms with E-state index in [2.05, 4.69) is 24.7 Å². The van der Waals surface area contributed by atoms with Gasteiger partial charge in [-0.2, -0.15) is 0 Å². The second-order valence-electron chi connectivity index (χ2n) is 4.60. The number of rotatable bonds is 6. The molecule has 7 N–H and O–H groups in total. The highest BCUT2D eigenvalue weighted by Gasteiger charge is 2.14. The number of aromatic nitrogens is 4. The first kappa shape index (κ1) is 25.1. The van der Waals surface area contributed by atoms with Crippen molar-refractivity contribution in [2.75, 3.05) is 7.11 Å². The first-order chi connectivity index (χ1) is 10.9. The second-order valence-corrected chi connectivity index (χ2v) is 4.60. The third kappa shape index (κ3) is 9.67. The van der Waals surface area contributed by atoms with E-state index in [0.717, 1.165) is 5.69 Å². The van der Waals surface area contributed by atoms with Gasteiger partial charge in [0.1, 0.15) is 12.1 Å². The number of hydrogen-bond acceptors (Lipinski definition) is 7. The summed E-state index contributed by atoms with van der Waals surface area (Å²) in [6, 6.07) is -1.49. The van der Waals surface area contributed by atoms with Gasteiger partial charge in [-0.15, -0.1) is 24.8 Å². The van der Waals surface area contributed by atoms with Crippen LogP contribution < -0.4 is 11.5 Å². The number of carboxylic acids is 1. The highest BCUT2D eigenvalue weighted by molar-refractivity contribution is 5.85. The first-order valence-electron chi connectivity index (χ1n) is 6.71. The van der Waals surface area contributed by atoms with E-state index in [0.29, 0.717) is 12.1 Å². The lowest BCUT2D eigenvalue weighted by atomic mass is 10.2. The zero-order chi connectivity index (χ0) is 17.2. The van der Waals surface area contributed by atoms with Gasteiger partial charge in [0.25, 0.3) is 0 Å². The Morgan fingerprint density at radius 3 is 1.84 bits per heavy atom. The minimum Gasteiger partial charge on any atom is -0.480 e. The van der Waals surface area contributed by atoms with Gasteiger partial charge < -0.3 is 31.3 Å². The zero-order valence-electron chi connectivity index (χ0n) is 13.4. The minimum absolute atomic E-state index is 0. The molecule has 25 heavy (non-hydrogen) atoms. The molecule has 12 heteroatoms. The smallest absolute Gasteiger partial charge is 0.323 e. The lowest BCUT2D eigenvalue weighted by Gasteiger charge is -2.05. The van der Waals surface area contributed by atoms with Gasteiger partial charge >= 0.3 is 11.9 Å². The number of methoxy groups -OCH3 is 1. The number of ether oxygens (including phenoxy) is 1. The molecular formula is C13H22Cl2N6O4. The summed E-state index contributed by atoms with van der Waals surface area (Å²) >= 11 is 0. The summed E-state index contributed by atoms with van der Waals surface area (Å²) in [6.07, 6.45) is 7.02. The molecule has 0 aliphatic heterocycles. The van der Waals surface area contributed by atoms with Gasteiger partial charge in [0.2, 0.25) is 0 Å². The Morgan fingerprint density at radius 1 is 1.08 bits per heavy atom. The molecule has 0 amide bonds. The van der Waals surface area contributed by atoms with E-state index in [1.807, 2.05) is 0 Å². The molecule has 0 saturated heterocycles. The Balaban J connectivity index is 0. The third-order valence-electron chi connectivity index (χ3n) is 2.79. The van der Waals surface area contributed by atoms with E-state index < -0.39 is 24.0 Å². The van der Waals surface area contributed by atoms with Crippen molar-refractivity contribution in [2.45, 2.75) is 24.9 Å². The number of hydrogen-bond donors (Lipinski definition) is 5. The fraction of sp³-hybridized carbons (Fsp3) is 0.385. The number of aliphatic carboxylic acids is 1. The summed E-state index contributed by atoms with van der Waals surface area (Å²) in [5, 5.41) is 8.42. The third-order valence-corrected chi connectivity index (χ3v) is 2.79. The number of carboxylic acid groups (broad SMARTS) is 1. The molecule has 0 spiro atoms. The van der Waals surface area contributed by atoms with E-state index in [1.165, 1.54) is 13.4 Å². The predicted octanol–water partition coefficient (Wildman–Crippen LogP) is -0.340. The predicted molar refractivity (Wildman–Crippen MR) is 94.7 cm³/mol. The van der Waals surface area contributed by atoms with Crippen LogP contribution >= 0.6 is 24.8 Å². The van der Waals surface area contributed by atoms with Gasteiger partial charge in [-0.25, -0.2) is 9.97 Å². The largest absolute Gasteiger partial charge is 0.480 e. The topological polar surface area (TPSA) is 173 Å². The highest BCUT2D eigenvalue weighted by Crippen LogP contribution is 1.97. The Hall–Kier alpha value is -2.14. The molecule has 10 nitrogen and oxygen atoms in total. The normalized spacial score (nSPS) is 11.6. The number of nitrogens with one attached hydrogen (secondary N) is 2. The minimum atomic E-state index is -1.01. The maximum Gasteiger partial charge on any atom is 0.323 e. The second kappa shape index (κ2) is 13.2. The lowest BCUT2D eigenvalue weighted by molar-refractivity contribution is -0.142. The van der Waals surface area contributed by atoms with Gasteiger partial charge in [-0.1, -0.05) is 0 Å². The number of nitrogens with zero attached hydrogens (tertiary/aromatic N) is 2. The van der Waals surface area contributed by atoms with Crippen LogP contribution in [0.15, 0.2) is 25.0 Å². The fourth-order valence-electron chi connectivity index (χ4n) is 1.58. The molecule has 0 saturated carbocycles. The SMILES string of the molecule is COC(=O)C(N)Cc1c[nH]cn1.Cl.Cl.NC(Cc1c[nH]cn1)C(=O)O. The van der Waals surface area contributed by atoms with Crippen LogP contribution in [-0.4, -0.2) is 56.2 Å². The van der Waals surface area contributed by atoms with Crippen LogP contribution in [0.3, 0.4) is 0 Å². The number of halogens is 2. The van der Waals surface area contributed by atoms with E-state index in [4.69, 9.17) is 16.6 Å². The Labute approximate surface area is 156 Å².